The zero-order valence-electron chi connectivity index (χ0n) is 24.4. The summed E-state index contributed by atoms with van der Waals surface area (Å²) in [6, 6.07) is 17.4. The maximum atomic E-state index is 12.9. The van der Waals surface area contributed by atoms with Gasteiger partial charge in [0.15, 0.2) is 0 Å². The van der Waals surface area contributed by atoms with Crippen molar-refractivity contribution in [1.82, 2.24) is 20.4 Å². The molecule has 2 saturated heterocycles. The summed E-state index contributed by atoms with van der Waals surface area (Å²) in [5, 5.41) is 23.7. The summed E-state index contributed by atoms with van der Waals surface area (Å²) in [6.07, 6.45) is 5.30. The van der Waals surface area contributed by atoms with Crippen LogP contribution in [0.5, 0.6) is 0 Å². The second kappa shape index (κ2) is 15.5. The van der Waals surface area contributed by atoms with Crippen molar-refractivity contribution in [3.63, 3.8) is 0 Å². The molecule has 2 atom stereocenters. The first-order valence-corrected chi connectivity index (χ1v) is 15.0. The number of nitrogens with one attached hydrogen (secondary N) is 2. The van der Waals surface area contributed by atoms with E-state index in [0.29, 0.717) is 69.4 Å². The SMILES string of the molecule is N#Cc1ccc(CN2CCCC(NC(=O)CCCCCC(=O)NC3CCCN(Cc4ccc(C#N)cc4)C3=O)C2=O)cc1. The number of rotatable bonds is 12. The van der Waals surface area contributed by atoms with Crippen molar-refractivity contribution < 1.29 is 19.2 Å². The normalized spacial score (nSPS) is 18.5. The molecule has 0 bridgehead atoms. The van der Waals surface area contributed by atoms with Crippen LogP contribution in [-0.4, -0.2) is 58.6 Å². The second-order valence-corrected chi connectivity index (χ2v) is 11.2. The van der Waals surface area contributed by atoms with Crippen LogP contribution >= 0.6 is 0 Å². The molecule has 4 rings (SSSR count). The zero-order chi connectivity index (χ0) is 30.6. The van der Waals surface area contributed by atoms with E-state index in [1.165, 1.54) is 0 Å². The van der Waals surface area contributed by atoms with Gasteiger partial charge in [-0.3, -0.25) is 19.2 Å². The summed E-state index contributed by atoms with van der Waals surface area (Å²) >= 11 is 0. The standard InChI is InChI=1S/C33H38N6O4/c34-20-24-10-14-26(15-11-24)22-38-18-4-6-28(32(38)42)36-30(40)8-2-1-3-9-31(41)37-29-7-5-19-39(33(29)43)23-27-16-12-25(21-35)13-17-27/h10-17,28-29H,1-9,18-19,22-23H2,(H,36,40)(H,37,41). The van der Waals surface area contributed by atoms with E-state index < -0.39 is 12.1 Å². The van der Waals surface area contributed by atoms with Gasteiger partial charge in [-0.05, 0) is 73.9 Å². The molecule has 0 radical (unpaired) electrons. The van der Waals surface area contributed by atoms with Crippen LogP contribution in [-0.2, 0) is 32.3 Å². The fraction of sp³-hybridized carbons (Fsp3) is 0.455. The molecule has 2 aliphatic rings. The van der Waals surface area contributed by atoms with Gasteiger partial charge in [-0.15, -0.1) is 0 Å². The Morgan fingerprint density at radius 3 is 1.44 bits per heavy atom. The van der Waals surface area contributed by atoms with Crippen LogP contribution in [0, 0.1) is 22.7 Å². The van der Waals surface area contributed by atoms with Crippen molar-refractivity contribution in [2.75, 3.05) is 13.1 Å². The first-order chi connectivity index (χ1) is 20.9. The van der Waals surface area contributed by atoms with Gasteiger partial charge in [-0.1, -0.05) is 30.7 Å². The molecule has 2 aromatic rings. The van der Waals surface area contributed by atoms with Gasteiger partial charge in [0.25, 0.3) is 0 Å². The number of unbranched alkanes of at least 4 members (excludes halogenated alkanes) is 2. The fourth-order valence-electron chi connectivity index (χ4n) is 5.55. The van der Waals surface area contributed by atoms with Crippen molar-refractivity contribution in [3.05, 3.63) is 70.8 Å². The summed E-state index contributed by atoms with van der Waals surface area (Å²) in [5.41, 5.74) is 3.03. The van der Waals surface area contributed by atoms with Gasteiger partial charge in [-0.2, -0.15) is 10.5 Å². The highest BCUT2D eigenvalue weighted by Gasteiger charge is 2.31. The Bertz CT molecular complexity index is 1270. The molecule has 4 amide bonds. The summed E-state index contributed by atoms with van der Waals surface area (Å²) in [5.74, 6) is -0.516. The van der Waals surface area contributed by atoms with E-state index in [1.807, 2.05) is 24.3 Å². The summed E-state index contributed by atoms with van der Waals surface area (Å²) in [7, 11) is 0. The molecule has 43 heavy (non-hydrogen) atoms. The van der Waals surface area contributed by atoms with Gasteiger partial charge < -0.3 is 20.4 Å². The van der Waals surface area contributed by atoms with Gasteiger partial charge in [-0.25, -0.2) is 0 Å². The lowest BCUT2D eigenvalue weighted by molar-refractivity contribution is -0.139. The molecule has 0 saturated carbocycles. The summed E-state index contributed by atoms with van der Waals surface area (Å²) in [6.45, 7) is 2.16. The van der Waals surface area contributed by atoms with Gasteiger partial charge in [0.05, 0.1) is 23.3 Å². The van der Waals surface area contributed by atoms with Crippen molar-refractivity contribution in [1.29, 1.82) is 10.5 Å². The summed E-state index contributed by atoms with van der Waals surface area (Å²) in [4.78, 5) is 54.4. The van der Waals surface area contributed by atoms with Crippen molar-refractivity contribution in [2.24, 2.45) is 0 Å². The lowest BCUT2D eigenvalue weighted by Crippen LogP contribution is -2.51. The highest BCUT2D eigenvalue weighted by molar-refractivity contribution is 5.89. The molecule has 0 aromatic heterocycles. The van der Waals surface area contributed by atoms with E-state index in [2.05, 4.69) is 22.8 Å². The predicted molar refractivity (Wildman–Crippen MR) is 159 cm³/mol. The van der Waals surface area contributed by atoms with Crippen LogP contribution in [0.3, 0.4) is 0 Å². The first-order valence-electron chi connectivity index (χ1n) is 15.0. The molecule has 2 aliphatic heterocycles. The monoisotopic (exact) mass is 582 g/mol. The lowest BCUT2D eigenvalue weighted by atomic mass is 10.0. The Labute approximate surface area is 252 Å². The number of hydrogen-bond acceptors (Lipinski definition) is 6. The van der Waals surface area contributed by atoms with Crippen molar-refractivity contribution >= 4 is 23.6 Å². The van der Waals surface area contributed by atoms with Crippen LogP contribution in [0.15, 0.2) is 48.5 Å². The van der Waals surface area contributed by atoms with Crippen LogP contribution < -0.4 is 10.6 Å². The smallest absolute Gasteiger partial charge is 0.245 e. The van der Waals surface area contributed by atoms with E-state index in [4.69, 9.17) is 10.5 Å². The van der Waals surface area contributed by atoms with Gasteiger partial charge in [0, 0.05) is 39.0 Å². The highest BCUT2D eigenvalue weighted by Crippen LogP contribution is 2.18. The number of hydrogen-bond donors (Lipinski definition) is 2. The molecule has 2 fully saturated rings. The zero-order valence-corrected chi connectivity index (χ0v) is 24.4. The van der Waals surface area contributed by atoms with E-state index in [0.717, 1.165) is 24.0 Å². The Balaban J connectivity index is 1.11. The third-order valence-electron chi connectivity index (χ3n) is 7.95. The molecule has 224 valence electrons. The molecule has 2 heterocycles. The minimum absolute atomic E-state index is 0.0895. The predicted octanol–water partition coefficient (Wildman–Crippen LogP) is 3.30. The molecule has 0 aliphatic carbocycles. The Morgan fingerprint density at radius 2 is 1.07 bits per heavy atom. The van der Waals surface area contributed by atoms with Crippen LogP contribution in [0.2, 0.25) is 0 Å². The number of amides is 4. The molecule has 0 spiro atoms. The number of nitriles is 2. The Hall–Kier alpha value is -4.70. The summed E-state index contributed by atoms with van der Waals surface area (Å²) < 4.78 is 0. The second-order valence-electron chi connectivity index (χ2n) is 11.2. The number of carbonyl (C=O) groups excluding carboxylic acids is 4. The number of piperidine rings is 2. The van der Waals surface area contributed by atoms with E-state index >= 15 is 0 Å². The molecule has 10 heteroatoms. The van der Waals surface area contributed by atoms with E-state index in [9.17, 15) is 19.2 Å². The van der Waals surface area contributed by atoms with Crippen LogP contribution in [0.25, 0.3) is 0 Å². The topological polar surface area (TPSA) is 146 Å². The molecule has 2 aromatic carbocycles. The van der Waals surface area contributed by atoms with E-state index in [-0.39, 0.29) is 36.5 Å². The first kappa shape index (κ1) is 31.2. The maximum absolute atomic E-state index is 12.9. The molecular formula is C33H38N6O4. The van der Waals surface area contributed by atoms with Crippen LogP contribution in [0.4, 0.5) is 0 Å². The molecule has 2 N–H and O–H groups in total. The number of benzene rings is 2. The largest absolute Gasteiger partial charge is 0.344 e. The van der Waals surface area contributed by atoms with Crippen molar-refractivity contribution in [2.45, 2.75) is 83.0 Å². The molecule has 10 nitrogen and oxygen atoms in total. The average molecular weight is 583 g/mol. The maximum Gasteiger partial charge on any atom is 0.245 e. The quantitative estimate of drug-likeness (QED) is 0.367. The van der Waals surface area contributed by atoms with Crippen molar-refractivity contribution in [3.8, 4) is 12.1 Å². The third kappa shape index (κ3) is 9.14. The number of nitrogens with zero attached hydrogens (tertiary/aromatic N) is 4. The highest BCUT2D eigenvalue weighted by atomic mass is 16.2. The Morgan fingerprint density at radius 1 is 0.674 bits per heavy atom. The minimum atomic E-state index is -0.532. The van der Waals surface area contributed by atoms with Gasteiger partial charge in [0.1, 0.15) is 12.1 Å². The third-order valence-corrected chi connectivity index (χ3v) is 7.95. The molecule has 2 unspecified atom stereocenters. The minimum Gasteiger partial charge on any atom is -0.344 e. The van der Waals surface area contributed by atoms with Crippen LogP contribution in [0.1, 0.15) is 80.0 Å². The van der Waals surface area contributed by atoms with Gasteiger partial charge >= 0.3 is 0 Å². The number of carbonyl (C=O) groups is 4. The van der Waals surface area contributed by atoms with Gasteiger partial charge in [0.2, 0.25) is 23.6 Å². The average Bonchev–Trinajstić information content (AvgIpc) is 3.01. The molecular weight excluding hydrogens is 544 g/mol. The Kier molecular flexibility index (Phi) is 11.3. The lowest BCUT2D eigenvalue weighted by Gasteiger charge is -2.33. The van der Waals surface area contributed by atoms with E-state index in [1.54, 1.807) is 34.1 Å². The number of likely N-dealkylation sites (tertiary alicyclic amines) is 2. The fourth-order valence-corrected chi connectivity index (χ4v) is 5.55.